The van der Waals surface area contributed by atoms with Crippen molar-refractivity contribution in [3.8, 4) is 11.3 Å². The summed E-state index contributed by atoms with van der Waals surface area (Å²) in [6, 6.07) is 11.9. The zero-order chi connectivity index (χ0) is 17.2. The van der Waals surface area contributed by atoms with E-state index in [-0.39, 0.29) is 12.2 Å². The van der Waals surface area contributed by atoms with Crippen LogP contribution >= 0.6 is 11.6 Å². The molecule has 2 heterocycles. The highest BCUT2D eigenvalue weighted by atomic mass is 35.5. The van der Waals surface area contributed by atoms with Crippen LogP contribution in [0.3, 0.4) is 0 Å². The van der Waals surface area contributed by atoms with Crippen molar-refractivity contribution in [2.45, 2.75) is 12.5 Å². The predicted octanol–water partition coefficient (Wildman–Crippen LogP) is 3.23. The minimum atomic E-state index is -1.32. The molecule has 7 heteroatoms. The zero-order valence-corrected chi connectivity index (χ0v) is 13.6. The van der Waals surface area contributed by atoms with E-state index in [2.05, 4.69) is 10.5 Å². The van der Waals surface area contributed by atoms with E-state index in [9.17, 15) is 9.90 Å². The van der Waals surface area contributed by atoms with Gasteiger partial charge in [-0.15, -0.1) is 0 Å². The molecule has 0 radical (unpaired) electrons. The molecular formula is C17H15ClN2O4. The molecule has 0 aliphatic heterocycles. The van der Waals surface area contributed by atoms with Gasteiger partial charge in [-0.05, 0) is 31.2 Å². The summed E-state index contributed by atoms with van der Waals surface area (Å²) in [7, 11) is 0. The van der Waals surface area contributed by atoms with E-state index in [0.717, 1.165) is 5.56 Å². The normalized spacial score (nSPS) is 13.5. The first-order valence-electron chi connectivity index (χ1n) is 7.23. The molecule has 124 valence electrons. The number of halogens is 1. The largest absolute Gasteiger partial charge is 0.466 e. The Bertz CT molecular complexity index is 840. The van der Waals surface area contributed by atoms with E-state index in [1.54, 1.807) is 43.3 Å². The van der Waals surface area contributed by atoms with Crippen LogP contribution in [0.2, 0.25) is 5.02 Å². The number of carbonyl (C=O) groups excluding carboxylic acids is 1. The van der Waals surface area contributed by atoms with Gasteiger partial charge in [0.1, 0.15) is 11.4 Å². The fourth-order valence-electron chi connectivity index (χ4n) is 2.18. The molecular weight excluding hydrogens is 332 g/mol. The average molecular weight is 347 g/mol. The third-order valence-electron chi connectivity index (χ3n) is 3.50. The van der Waals surface area contributed by atoms with Crippen LogP contribution in [-0.4, -0.2) is 22.7 Å². The Labute approximate surface area is 143 Å². The maximum absolute atomic E-state index is 12.2. The van der Waals surface area contributed by atoms with Crippen molar-refractivity contribution < 1.29 is 18.8 Å². The monoisotopic (exact) mass is 346 g/mol. The summed E-state index contributed by atoms with van der Waals surface area (Å²) < 4.78 is 10.3. The molecule has 6 nitrogen and oxygen atoms in total. The van der Waals surface area contributed by atoms with Gasteiger partial charge >= 0.3 is 0 Å². The van der Waals surface area contributed by atoms with E-state index in [0.29, 0.717) is 16.5 Å². The molecule has 3 rings (SSSR count). The predicted molar refractivity (Wildman–Crippen MR) is 87.6 cm³/mol. The van der Waals surface area contributed by atoms with Crippen LogP contribution < -0.4 is 5.32 Å². The summed E-state index contributed by atoms with van der Waals surface area (Å²) in [4.78, 5) is 12.2. The highest BCUT2D eigenvalue weighted by Gasteiger charge is 2.27. The second-order valence-electron chi connectivity index (χ2n) is 5.52. The van der Waals surface area contributed by atoms with Gasteiger partial charge in [0, 0.05) is 16.7 Å². The van der Waals surface area contributed by atoms with Crippen LogP contribution in [0.5, 0.6) is 0 Å². The molecule has 0 saturated carbocycles. The number of hydrogen-bond donors (Lipinski definition) is 2. The highest BCUT2D eigenvalue weighted by Crippen LogP contribution is 2.24. The zero-order valence-electron chi connectivity index (χ0n) is 12.8. The molecule has 0 bridgehead atoms. The standard InChI is InChI=1S/C17H15ClN2O4/c1-17(22,15-6-3-7-23-15)10-19-16(21)13-9-14(24-20-13)11-4-2-5-12(18)8-11/h2-9,22H,10H2,1H3,(H,19,21). The van der Waals surface area contributed by atoms with Crippen LogP contribution in [0.25, 0.3) is 11.3 Å². The first kappa shape index (κ1) is 16.3. The molecule has 3 aromatic rings. The topological polar surface area (TPSA) is 88.5 Å². The van der Waals surface area contributed by atoms with Crippen molar-refractivity contribution in [1.82, 2.24) is 10.5 Å². The van der Waals surface area contributed by atoms with Crippen molar-refractivity contribution in [2.24, 2.45) is 0 Å². The third kappa shape index (κ3) is 3.50. The molecule has 2 aromatic heterocycles. The number of benzene rings is 1. The number of nitrogens with one attached hydrogen (secondary N) is 1. The summed E-state index contributed by atoms with van der Waals surface area (Å²) in [5.74, 6) is 0.335. The lowest BCUT2D eigenvalue weighted by Crippen LogP contribution is -2.38. The minimum Gasteiger partial charge on any atom is -0.466 e. The molecule has 1 unspecified atom stereocenters. The van der Waals surface area contributed by atoms with E-state index < -0.39 is 11.5 Å². The van der Waals surface area contributed by atoms with Gasteiger partial charge < -0.3 is 19.4 Å². The van der Waals surface area contributed by atoms with E-state index in [1.165, 1.54) is 12.3 Å². The lowest BCUT2D eigenvalue weighted by atomic mass is 10.0. The van der Waals surface area contributed by atoms with E-state index >= 15 is 0 Å². The average Bonchev–Trinajstić information content (AvgIpc) is 3.24. The summed E-state index contributed by atoms with van der Waals surface area (Å²) in [5.41, 5.74) is -0.490. The van der Waals surface area contributed by atoms with Crippen LogP contribution in [-0.2, 0) is 5.60 Å². The molecule has 1 amide bonds. The van der Waals surface area contributed by atoms with Gasteiger partial charge in [0.25, 0.3) is 5.91 Å². The SMILES string of the molecule is CC(O)(CNC(=O)c1cc(-c2cccc(Cl)c2)on1)c1ccco1. The number of carbonyl (C=O) groups is 1. The van der Waals surface area contributed by atoms with Crippen LogP contribution in [0.1, 0.15) is 23.2 Å². The fraction of sp³-hybridized carbons (Fsp3) is 0.176. The van der Waals surface area contributed by atoms with Gasteiger partial charge in [0.2, 0.25) is 0 Å². The van der Waals surface area contributed by atoms with Crippen molar-refractivity contribution in [3.05, 3.63) is 65.2 Å². The number of aromatic nitrogens is 1. The quantitative estimate of drug-likeness (QED) is 0.740. The van der Waals surface area contributed by atoms with Gasteiger partial charge in [-0.3, -0.25) is 4.79 Å². The summed E-state index contributed by atoms with van der Waals surface area (Å²) in [5, 5.41) is 17.2. The number of rotatable bonds is 5. The first-order chi connectivity index (χ1) is 11.5. The van der Waals surface area contributed by atoms with Gasteiger partial charge in [-0.25, -0.2) is 0 Å². The molecule has 24 heavy (non-hydrogen) atoms. The summed E-state index contributed by atoms with van der Waals surface area (Å²) in [6.45, 7) is 1.52. The van der Waals surface area contributed by atoms with Crippen LogP contribution in [0, 0.1) is 0 Å². The van der Waals surface area contributed by atoms with Gasteiger partial charge in [0.15, 0.2) is 11.5 Å². The van der Waals surface area contributed by atoms with E-state index in [1.807, 2.05) is 0 Å². The molecule has 0 saturated heterocycles. The number of hydrogen-bond acceptors (Lipinski definition) is 5. The maximum Gasteiger partial charge on any atom is 0.273 e. The first-order valence-corrected chi connectivity index (χ1v) is 7.61. The Morgan fingerprint density at radius 3 is 2.88 bits per heavy atom. The molecule has 1 aromatic carbocycles. The number of amides is 1. The Kier molecular flexibility index (Phi) is 4.42. The van der Waals surface area contributed by atoms with Gasteiger partial charge in [-0.2, -0.15) is 0 Å². The van der Waals surface area contributed by atoms with Crippen molar-refractivity contribution in [3.63, 3.8) is 0 Å². The lowest BCUT2D eigenvalue weighted by Gasteiger charge is -2.20. The molecule has 1 atom stereocenters. The minimum absolute atomic E-state index is 0.0291. The molecule has 0 fully saturated rings. The van der Waals surface area contributed by atoms with Crippen molar-refractivity contribution in [1.29, 1.82) is 0 Å². The summed E-state index contributed by atoms with van der Waals surface area (Å²) in [6.07, 6.45) is 1.46. The molecule has 0 aliphatic carbocycles. The second-order valence-corrected chi connectivity index (χ2v) is 5.96. The molecule has 2 N–H and O–H groups in total. The molecule has 0 spiro atoms. The van der Waals surface area contributed by atoms with Crippen LogP contribution in [0.4, 0.5) is 0 Å². The Balaban J connectivity index is 1.68. The number of aliphatic hydroxyl groups is 1. The van der Waals surface area contributed by atoms with Crippen LogP contribution in [0.15, 0.2) is 57.7 Å². The van der Waals surface area contributed by atoms with Gasteiger partial charge in [0.05, 0.1) is 12.8 Å². The highest BCUT2D eigenvalue weighted by molar-refractivity contribution is 6.30. The lowest BCUT2D eigenvalue weighted by molar-refractivity contribution is 0.0329. The van der Waals surface area contributed by atoms with Gasteiger partial charge in [-0.1, -0.05) is 28.9 Å². The van der Waals surface area contributed by atoms with Crippen molar-refractivity contribution in [2.75, 3.05) is 6.54 Å². The summed E-state index contributed by atoms with van der Waals surface area (Å²) >= 11 is 5.93. The Hall–Kier alpha value is -2.57. The number of furan rings is 1. The Morgan fingerprint density at radius 1 is 1.33 bits per heavy atom. The molecule has 0 aliphatic rings. The van der Waals surface area contributed by atoms with Crippen molar-refractivity contribution >= 4 is 17.5 Å². The maximum atomic E-state index is 12.2. The Morgan fingerprint density at radius 2 is 2.17 bits per heavy atom. The third-order valence-corrected chi connectivity index (χ3v) is 3.73. The smallest absolute Gasteiger partial charge is 0.273 e. The second kappa shape index (κ2) is 6.51. The van der Waals surface area contributed by atoms with E-state index in [4.69, 9.17) is 20.5 Å². The fourth-order valence-corrected chi connectivity index (χ4v) is 2.37. The number of nitrogens with zero attached hydrogens (tertiary/aromatic N) is 1.